The van der Waals surface area contributed by atoms with E-state index in [-0.39, 0.29) is 31.0 Å². The first-order chi connectivity index (χ1) is 15.9. The topological polar surface area (TPSA) is 112 Å². The zero-order valence-corrected chi connectivity index (χ0v) is 18.1. The number of benzene rings is 2. The van der Waals surface area contributed by atoms with Crippen molar-refractivity contribution in [3.8, 4) is 11.5 Å². The van der Waals surface area contributed by atoms with E-state index in [0.717, 1.165) is 41.1 Å². The first kappa shape index (κ1) is 22.8. The third-order valence-corrected chi connectivity index (χ3v) is 5.81. The number of aryl methyl sites for hydroxylation is 1. The van der Waals surface area contributed by atoms with Crippen LogP contribution in [0.5, 0.6) is 11.5 Å². The fourth-order valence-electron chi connectivity index (χ4n) is 4.21. The molecule has 0 bridgehead atoms. The number of methoxy groups -OCH3 is 1. The zero-order valence-electron chi connectivity index (χ0n) is 18.1. The first-order valence-electron chi connectivity index (χ1n) is 10.5. The van der Waals surface area contributed by atoms with Gasteiger partial charge in [0.1, 0.15) is 5.70 Å². The molecule has 2 atom stereocenters. The zero-order chi connectivity index (χ0) is 23.5. The molecular formula is C23H26F2N4O4. The summed E-state index contributed by atoms with van der Waals surface area (Å²) in [5.74, 6) is 4.85. The average Bonchev–Trinajstić information content (AvgIpc) is 3.24. The maximum atomic E-state index is 13.4. The highest BCUT2D eigenvalue weighted by molar-refractivity contribution is 5.92. The molecule has 0 fully saturated rings. The third-order valence-electron chi connectivity index (χ3n) is 5.81. The van der Waals surface area contributed by atoms with Crippen molar-refractivity contribution in [1.82, 2.24) is 10.3 Å². The molecule has 176 valence electrons. The molecule has 0 saturated heterocycles. The largest absolute Gasteiger partial charge is 0.454 e. The SMILES string of the molecule is COCC1CCc2cc3c(cc2C1NC(=O)/C(N)=C/N(N)Cc1ccc(F)c(F)c1)OCO3. The smallest absolute Gasteiger partial charge is 0.269 e. The lowest BCUT2D eigenvalue weighted by molar-refractivity contribution is -0.119. The molecule has 2 aromatic carbocycles. The number of hydrazine groups is 1. The summed E-state index contributed by atoms with van der Waals surface area (Å²) < 4.78 is 42.9. The Morgan fingerprint density at radius 3 is 2.73 bits per heavy atom. The number of ether oxygens (including phenoxy) is 3. The van der Waals surface area contributed by atoms with Crippen LogP contribution >= 0.6 is 0 Å². The second kappa shape index (κ2) is 9.63. The maximum absolute atomic E-state index is 13.4. The van der Waals surface area contributed by atoms with Gasteiger partial charge in [0.05, 0.1) is 19.2 Å². The molecule has 33 heavy (non-hydrogen) atoms. The standard InChI is InChI=1S/C23H26F2N4O4/c1-31-11-15-4-3-14-7-20-21(33-12-32-20)8-16(14)22(15)28-23(30)19(26)10-29(27)9-13-2-5-17(24)18(25)6-13/h2,5-8,10,15,22H,3-4,9,11-12,26-27H2,1H3,(H,28,30)/b19-10-. The molecule has 1 heterocycles. The number of nitrogens with zero attached hydrogens (tertiary/aromatic N) is 1. The van der Waals surface area contributed by atoms with Gasteiger partial charge in [-0.25, -0.2) is 14.6 Å². The predicted octanol–water partition coefficient (Wildman–Crippen LogP) is 2.24. The van der Waals surface area contributed by atoms with Crippen LogP contribution in [0, 0.1) is 17.6 Å². The van der Waals surface area contributed by atoms with E-state index in [9.17, 15) is 13.6 Å². The van der Waals surface area contributed by atoms with Gasteiger partial charge in [0.25, 0.3) is 5.91 Å². The van der Waals surface area contributed by atoms with Gasteiger partial charge >= 0.3 is 0 Å². The van der Waals surface area contributed by atoms with Crippen molar-refractivity contribution >= 4 is 5.91 Å². The Morgan fingerprint density at radius 1 is 1.24 bits per heavy atom. The Balaban J connectivity index is 1.50. The number of carbonyl (C=O) groups is 1. The summed E-state index contributed by atoms with van der Waals surface area (Å²) in [5.41, 5.74) is 8.30. The van der Waals surface area contributed by atoms with Crippen LogP contribution in [0.25, 0.3) is 0 Å². The Labute approximate surface area is 190 Å². The number of halogens is 2. The Morgan fingerprint density at radius 2 is 2.00 bits per heavy atom. The first-order valence-corrected chi connectivity index (χ1v) is 10.5. The van der Waals surface area contributed by atoms with Gasteiger partial charge in [0, 0.05) is 19.2 Å². The van der Waals surface area contributed by atoms with E-state index >= 15 is 0 Å². The molecule has 8 nitrogen and oxygen atoms in total. The van der Waals surface area contributed by atoms with Gasteiger partial charge in [-0.15, -0.1) is 0 Å². The Bertz CT molecular complexity index is 1080. The highest BCUT2D eigenvalue weighted by Gasteiger charge is 2.33. The number of rotatable bonds is 7. The van der Waals surface area contributed by atoms with Crippen molar-refractivity contribution in [2.24, 2.45) is 17.5 Å². The highest BCUT2D eigenvalue weighted by Crippen LogP contribution is 2.42. The summed E-state index contributed by atoms with van der Waals surface area (Å²) in [6, 6.07) is 6.95. The quantitative estimate of drug-likeness (QED) is 0.330. The van der Waals surface area contributed by atoms with E-state index in [1.54, 1.807) is 7.11 Å². The van der Waals surface area contributed by atoms with Crippen molar-refractivity contribution < 1.29 is 27.8 Å². The summed E-state index contributed by atoms with van der Waals surface area (Å²) in [7, 11) is 1.62. The molecule has 10 heteroatoms. The fourth-order valence-corrected chi connectivity index (χ4v) is 4.21. The Kier molecular flexibility index (Phi) is 6.66. The minimum absolute atomic E-state index is 0.0349. The molecule has 1 aliphatic carbocycles. The van der Waals surface area contributed by atoms with Gasteiger partial charge in [-0.2, -0.15) is 0 Å². The van der Waals surface area contributed by atoms with Gasteiger partial charge in [0.15, 0.2) is 23.1 Å². The third kappa shape index (κ3) is 5.01. The van der Waals surface area contributed by atoms with Crippen LogP contribution in [-0.4, -0.2) is 31.4 Å². The number of nitrogens with one attached hydrogen (secondary N) is 1. The van der Waals surface area contributed by atoms with Crippen LogP contribution in [0.15, 0.2) is 42.2 Å². The molecule has 2 aromatic rings. The number of amides is 1. The van der Waals surface area contributed by atoms with E-state index in [2.05, 4.69) is 5.32 Å². The Hall–Kier alpha value is -3.37. The van der Waals surface area contributed by atoms with Gasteiger partial charge in [0.2, 0.25) is 6.79 Å². The molecule has 2 aliphatic rings. The monoisotopic (exact) mass is 460 g/mol. The van der Waals surface area contributed by atoms with Crippen LogP contribution in [0.4, 0.5) is 8.78 Å². The van der Waals surface area contributed by atoms with Crippen LogP contribution in [0.3, 0.4) is 0 Å². The van der Waals surface area contributed by atoms with E-state index in [4.69, 9.17) is 25.8 Å². The minimum atomic E-state index is -0.975. The van der Waals surface area contributed by atoms with Gasteiger partial charge < -0.3 is 30.3 Å². The molecule has 0 spiro atoms. The van der Waals surface area contributed by atoms with Gasteiger partial charge in [-0.3, -0.25) is 4.79 Å². The number of hydrogen-bond acceptors (Lipinski definition) is 7. The number of nitrogens with two attached hydrogens (primary N) is 2. The number of carbonyl (C=O) groups excluding carboxylic acids is 1. The van der Waals surface area contributed by atoms with Crippen LogP contribution in [0.1, 0.15) is 29.2 Å². The summed E-state index contributed by atoms with van der Waals surface area (Å²) >= 11 is 0. The highest BCUT2D eigenvalue weighted by atomic mass is 19.2. The molecule has 1 amide bonds. The lowest BCUT2D eigenvalue weighted by Crippen LogP contribution is -2.40. The molecule has 0 aromatic heterocycles. The van der Waals surface area contributed by atoms with E-state index in [1.165, 1.54) is 12.3 Å². The van der Waals surface area contributed by atoms with E-state index in [1.807, 2.05) is 12.1 Å². The van der Waals surface area contributed by atoms with Crippen molar-refractivity contribution in [3.63, 3.8) is 0 Å². The summed E-state index contributed by atoms with van der Waals surface area (Å²) in [6.45, 7) is 0.658. The fraction of sp³-hybridized carbons (Fsp3) is 0.348. The molecule has 5 N–H and O–H groups in total. The van der Waals surface area contributed by atoms with Crippen molar-refractivity contribution in [2.75, 3.05) is 20.5 Å². The maximum Gasteiger partial charge on any atom is 0.269 e. The van der Waals surface area contributed by atoms with Gasteiger partial charge in [-0.1, -0.05) is 6.07 Å². The normalized spacial score (nSPS) is 19.2. The summed E-state index contributed by atoms with van der Waals surface area (Å²) in [4.78, 5) is 12.9. The number of hydrogen-bond donors (Lipinski definition) is 3. The molecular weight excluding hydrogens is 434 g/mol. The van der Waals surface area contributed by atoms with Crippen molar-refractivity contribution in [2.45, 2.75) is 25.4 Å². The van der Waals surface area contributed by atoms with Crippen LogP contribution in [0.2, 0.25) is 0 Å². The summed E-state index contributed by atoms with van der Waals surface area (Å²) in [5, 5.41) is 4.13. The molecule has 2 unspecified atom stereocenters. The lowest BCUT2D eigenvalue weighted by Gasteiger charge is -2.34. The molecule has 0 saturated carbocycles. The van der Waals surface area contributed by atoms with E-state index in [0.29, 0.717) is 23.7 Å². The van der Waals surface area contributed by atoms with Crippen molar-refractivity contribution in [1.29, 1.82) is 0 Å². The van der Waals surface area contributed by atoms with Crippen LogP contribution in [-0.2, 0) is 22.5 Å². The second-order valence-electron chi connectivity index (χ2n) is 8.11. The lowest BCUT2D eigenvalue weighted by atomic mass is 9.79. The minimum Gasteiger partial charge on any atom is -0.454 e. The molecule has 0 radical (unpaired) electrons. The molecule has 4 rings (SSSR count). The average molecular weight is 460 g/mol. The van der Waals surface area contributed by atoms with Gasteiger partial charge in [-0.05, 0) is 53.8 Å². The summed E-state index contributed by atoms with van der Waals surface area (Å²) in [6.07, 6.45) is 2.89. The molecule has 1 aliphatic heterocycles. The van der Waals surface area contributed by atoms with E-state index < -0.39 is 17.5 Å². The predicted molar refractivity (Wildman–Crippen MR) is 115 cm³/mol. The van der Waals surface area contributed by atoms with Crippen molar-refractivity contribution in [3.05, 3.63) is 70.6 Å². The number of fused-ring (bicyclic) bond motifs is 2. The second-order valence-corrected chi connectivity index (χ2v) is 8.11. The van der Waals surface area contributed by atoms with Crippen LogP contribution < -0.4 is 26.4 Å².